The van der Waals surface area contributed by atoms with E-state index in [4.69, 9.17) is 9.57 Å². The highest BCUT2D eigenvalue weighted by atomic mass is 32.1. The molecule has 10 heteroatoms. The minimum atomic E-state index is -0.685. The molecule has 2 amide bonds. The van der Waals surface area contributed by atoms with Crippen molar-refractivity contribution in [2.24, 2.45) is 4.99 Å². The topological polar surface area (TPSA) is 123 Å². The number of ketones is 1. The van der Waals surface area contributed by atoms with E-state index in [1.165, 1.54) is 6.07 Å². The number of fused-ring (bicyclic) bond motifs is 1. The Balaban J connectivity index is 1.50. The second-order valence-electron chi connectivity index (χ2n) is 8.76. The third-order valence-electron chi connectivity index (χ3n) is 5.16. The second-order valence-corrected chi connectivity index (χ2v) is 9.98. The van der Waals surface area contributed by atoms with Gasteiger partial charge in [0.2, 0.25) is 0 Å². The maximum Gasteiger partial charge on any atom is 0.333 e. The van der Waals surface area contributed by atoms with Crippen LogP contribution in [0.4, 0.5) is 0 Å². The van der Waals surface area contributed by atoms with Gasteiger partial charge in [-0.25, -0.2) is 4.79 Å². The number of aromatic hydroxyl groups is 1. The third kappa shape index (κ3) is 6.80. The molecule has 2 aliphatic rings. The summed E-state index contributed by atoms with van der Waals surface area (Å²) in [5.74, 6) is -1.24. The number of hydroxylamine groups is 2. The molecule has 1 N–H and O–H groups in total. The van der Waals surface area contributed by atoms with Gasteiger partial charge in [-0.15, -0.1) is 5.06 Å². The average molecular weight is 477 g/mol. The summed E-state index contributed by atoms with van der Waals surface area (Å²) in [6.07, 6.45) is 2.00. The van der Waals surface area contributed by atoms with Gasteiger partial charge in [-0.2, -0.15) is 12.6 Å². The number of aliphatic imine (C=N–C) groups is 1. The van der Waals surface area contributed by atoms with Crippen LogP contribution in [0.5, 0.6) is 11.5 Å². The molecule has 0 unspecified atom stereocenters. The zero-order valence-corrected chi connectivity index (χ0v) is 19.7. The molecule has 1 aliphatic heterocycles. The van der Waals surface area contributed by atoms with Crippen LogP contribution in [0.1, 0.15) is 63.5 Å². The van der Waals surface area contributed by atoms with Gasteiger partial charge in [0.15, 0.2) is 5.78 Å². The highest BCUT2D eigenvalue weighted by molar-refractivity contribution is 7.81. The lowest BCUT2D eigenvalue weighted by molar-refractivity contribution is -0.197. The second kappa shape index (κ2) is 10.4. The molecule has 1 heterocycles. The molecule has 33 heavy (non-hydrogen) atoms. The number of imide groups is 1. The first kappa shape index (κ1) is 24.8. The van der Waals surface area contributed by atoms with Crippen molar-refractivity contribution in [3.05, 3.63) is 23.3 Å². The number of aryl methyl sites for hydroxylation is 1. The van der Waals surface area contributed by atoms with Gasteiger partial charge in [0, 0.05) is 41.4 Å². The molecule has 0 spiro atoms. The van der Waals surface area contributed by atoms with E-state index in [0.29, 0.717) is 47.8 Å². The molecule has 0 radical (unpaired) electrons. The summed E-state index contributed by atoms with van der Waals surface area (Å²) in [4.78, 5) is 56.1. The van der Waals surface area contributed by atoms with Crippen LogP contribution in [-0.2, 0) is 30.4 Å². The van der Waals surface area contributed by atoms with Crippen molar-refractivity contribution in [3.8, 4) is 11.5 Å². The number of phenolic OH excluding ortho intramolecular Hbond substituents is 1. The SMILES string of the molecule is CC(C)(S)CC(=O)CN=C1CCc2cc(OCCCC(=O)ON3C(=O)CCC3=O)cc(O)c21. The number of Topliss-reactive ketones (excluding diaryl/α,β-unsaturated/α-hetero) is 1. The van der Waals surface area contributed by atoms with Gasteiger partial charge < -0.3 is 14.7 Å². The lowest BCUT2D eigenvalue weighted by atomic mass is 10.1. The van der Waals surface area contributed by atoms with Crippen molar-refractivity contribution in [3.63, 3.8) is 0 Å². The highest BCUT2D eigenvalue weighted by Gasteiger charge is 2.32. The maximum atomic E-state index is 12.1. The smallest absolute Gasteiger partial charge is 0.333 e. The van der Waals surface area contributed by atoms with E-state index < -0.39 is 17.8 Å². The van der Waals surface area contributed by atoms with Gasteiger partial charge in [-0.3, -0.25) is 19.4 Å². The quantitative estimate of drug-likeness (QED) is 0.302. The van der Waals surface area contributed by atoms with Crippen LogP contribution in [0.2, 0.25) is 0 Å². The van der Waals surface area contributed by atoms with Crippen molar-refractivity contribution in [1.82, 2.24) is 5.06 Å². The van der Waals surface area contributed by atoms with Crippen LogP contribution in [0.25, 0.3) is 0 Å². The van der Waals surface area contributed by atoms with Crippen molar-refractivity contribution < 1.29 is 33.9 Å². The summed E-state index contributed by atoms with van der Waals surface area (Å²) in [5, 5.41) is 11.0. The molecule has 0 aromatic heterocycles. The van der Waals surface area contributed by atoms with Gasteiger partial charge in [-0.1, -0.05) is 13.8 Å². The first-order valence-corrected chi connectivity index (χ1v) is 11.3. The Bertz CT molecular complexity index is 981. The van der Waals surface area contributed by atoms with Gasteiger partial charge >= 0.3 is 5.97 Å². The number of benzene rings is 1. The summed E-state index contributed by atoms with van der Waals surface area (Å²) >= 11 is 4.37. The summed E-state index contributed by atoms with van der Waals surface area (Å²) in [6.45, 7) is 3.99. The van der Waals surface area contributed by atoms with Gasteiger partial charge in [-0.05, 0) is 30.9 Å². The molecular weight excluding hydrogens is 448 g/mol. The number of hydrogen-bond donors (Lipinski definition) is 2. The first-order valence-electron chi connectivity index (χ1n) is 10.9. The molecule has 1 fully saturated rings. The molecule has 1 aliphatic carbocycles. The van der Waals surface area contributed by atoms with E-state index in [2.05, 4.69) is 17.6 Å². The molecular formula is C23H28N2O7S. The Morgan fingerprint density at radius 2 is 1.85 bits per heavy atom. The zero-order chi connectivity index (χ0) is 24.2. The van der Waals surface area contributed by atoms with E-state index in [-0.39, 0.29) is 48.7 Å². The summed E-state index contributed by atoms with van der Waals surface area (Å²) in [5.41, 5.74) is 2.23. The highest BCUT2D eigenvalue weighted by Crippen LogP contribution is 2.35. The molecule has 1 saturated heterocycles. The zero-order valence-electron chi connectivity index (χ0n) is 18.8. The van der Waals surface area contributed by atoms with Gasteiger partial charge in [0.25, 0.3) is 11.8 Å². The fourth-order valence-electron chi connectivity index (χ4n) is 3.74. The fourth-order valence-corrected chi connectivity index (χ4v) is 3.92. The predicted octanol–water partition coefficient (Wildman–Crippen LogP) is 2.56. The molecule has 0 bridgehead atoms. The van der Waals surface area contributed by atoms with Crippen LogP contribution < -0.4 is 4.74 Å². The summed E-state index contributed by atoms with van der Waals surface area (Å²) in [6, 6.07) is 3.30. The summed E-state index contributed by atoms with van der Waals surface area (Å²) < 4.78 is 5.26. The average Bonchev–Trinajstić information content (AvgIpc) is 3.27. The van der Waals surface area contributed by atoms with E-state index in [0.717, 1.165) is 5.56 Å². The number of thiol groups is 1. The summed E-state index contributed by atoms with van der Waals surface area (Å²) in [7, 11) is 0. The van der Waals surface area contributed by atoms with Crippen LogP contribution in [0.3, 0.4) is 0 Å². The van der Waals surface area contributed by atoms with Crippen LogP contribution >= 0.6 is 12.6 Å². The monoisotopic (exact) mass is 476 g/mol. The van der Waals surface area contributed by atoms with Crippen molar-refractivity contribution in [1.29, 1.82) is 0 Å². The van der Waals surface area contributed by atoms with Crippen molar-refractivity contribution >= 4 is 41.9 Å². The Kier molecular flexibility index (Phi) is 7.78. The molecule has 9 nitrogen and oxygen atoms in total. The Morgan fingerprint density at radius 1 is 1.15 bits per heavy atom. The molecule has 1 aromatic carbocycles. The number of amides is 2. The number of ether oxygens (including phenoxy) is 1. The number of carbonyl (C=O) groups excluding carboxylic acids is 4. The van der Waals surface area contributed by atoms with Crippen LogP contribution in [-0.4, -0.2) is 57.3 Å². The van der Waals surface area contributed by atoms with Crippen LogP contribution in [0, 0.1) is 0 Å². The third-order valence-corrected chi connectivity index (χ3v) is 5.32. The number of rotatable bonds is 10. The van der Waals surface area contributed by atoms with E-state index >= 15 is 0 Å². The number of phenols is 1. The van der Waals surface area contributed by atoms with Gasteiger partial charge in [0.1, 0.15) is 11.5 Å². The standard InChI is InChI=1S/C23H28N2O7S/c1-23(2,33)12-15(26)13-24-17-6-5-14-10-16(11-18(27)22(14)17)31-9-3-4-21(30)32-25-19(28)7-8-20(25)29/h10-11,27,33H,3-9,12-13H2,1-2H3. The Morgan fingerprint density at radius 3 is 2.52 bits per heavy atom. The maximum absolute atomic E-state index is 12.1. The molecule has 178 valence electrons. The predicted molar refractivity (Wildman–Crippen MR) is 122 cm³/mol. The molecule has 0 saturated carbocycles. The fraction of sp³-hybridized carbons (Fsp3) is 0.522. The van der Waals surface area contributed by atoms with Crippen molar-refractivity contribution in [2.45, 2.75) is 63.5 Å². The van der Waals surface area contributed by atoms with Gasteiger partial charge in [0.05, 0.1) is 19.6 Å². The lowest BCUT2D eigenvalue weighted by Crippen LogP contribution is -2.32. The van der Waals surface area contributed by atoms with E-state index in [9.17, 15) is 24.3 Å². The number of carbonyl (C=O) groups is 4. The van der Waals surface area contributed by atoms with Crippen LogP contribution in [0.15, 0.2) is 17.1 Å². The number of hydrogen-bond acceptors (Lipinski definition) is 9. The number of nitrogens with zero attached hydrogens (tertiary/aromatic N) is 2. The minimum absolute atomic E-state index is 0.00705. The molecule has 1 aromatic rings. The Labute approximate surface area is 197 Å². The van der Waals surface area contributed by atoms with E-state index in [1.54, 1.807) is 0 Å². The Hall–Kier alpha value is -2.88. The van der Waals surface area contributed by atoms with Crippen molar-refractivity contribution in [2.75, 3.05) is 13.2 Å². The largest absolute Gasteiger partial charge is 0.507 e. The lowest BCUT2D eigenvalue weighted by Gasteiger charge is -2.15. The van der Waals surface area contributed by atoms with E-state index in [1.807, 2.05) is 19.9 Å². The minimum Gasteiger partial charge on any atom is -0.507 e. The molecule has 3 rings (SSSR count). The molecule has 0 atom stereocenters. The normalized spacial score (nSPS) is 16.9. The first-order chi connectivity index (χ1) is 15.5.